The summed E-state index contributed by atoms with van der Waals surface area (Å²) >= 11 is 2.13. The average Bonchev–Trinajstić information content (AvgIpc) is 2.38. The van der Waals surface area contributed by atoms with Crippen LogP contribution in [0.1, 0.15) is 15.9 Å². The molecule has 0 atom stereocenters. The van der Waals surface area contributed by atoms with Crippen LogP contribution in [0.25, 0.3) is 0 Å². The summed E-state index contributed by atoms with van der Waals surface area (Å²) in [6.45, 7) is 0. The number of carbonyl (C=O) groups is 1. The first-order chi connectivity index (χ1) is 8.97. The van der Waals surface area contributed by atoms with Crippen molar-refractivity contribution in [1.82, 2.24) is 0 Å². The summed E-state index contributed by atoms with van der Waals surface area (Å²) in [6, 6.07) is 8.61. The molecule has 0 heterocycles. The lowest BCUT2D eigenvalue weighted by Gasteiger charge is -2.03. The third-order valence-corrected chi connectivity index (χ3v) is 3.30. The van der Waals surface area contributed by atoms with Crippen LogP contribution in [0.4, 0.5) is 13.2 Å². The molecule has 98 valence electrons. The molecule has 0 aliphatic rings. The van der Waals surface area contributed by atoms with Gasteiger partial charge < -0.3 is 0 Å². The Labute approximate surface area is 121 Å². The van der Waals surface area contributed by atoms with Gasteiger partial charge >= 0.3 is 0 Å². The van der Waals surface area contributed by atoms with E-state index in [2.05, 4.69) is 22.6 Å². The molecule has 0 radical (unpaired) electrons. The molecular formula is C14H8F3IO. The van der Waals surface area contributed by atoms with Gasteiger partial charge in [0.15, 0.2) is 23.2 Å². The molecule has 0 saturated heterocycles. The van der Waals surface area contributed by atoms with Crippen molar-refractivity contribution in [2.24, 2.45) is 0 Å². The molecule has 2 rings (SSSR count). The van der Waals surface area contributed by atoms with E-state index >= 15 is 0 Å². The third kappa shape index (κ3) is 3.34. The molecule has 0 spiro atoms. The van der Waals surface area contributed by atoms with E-state index in [1.54, 1.807) is 12.1 Å². The van der Waals surface area contributed by atoms with E-state index in [4.69, 9.17) is 0 Å². The first-order valence-corrected chi connectivity index (χ1v) is 6.47. The summed E-state index contributed by atoms with van der Waals surface area (Å²) in [5.74, 6) is -4.73. The zero-order valence-electron chi connectivity index (χ0n) is 9.59. The monoisotopic (exact) mass is 376 g/mol. The molecule has 2 aromatic rings. The second kappa shape index (κ2) is 5.73. The molecule has 2 aromatic carbocycles. The van der Waals surface area contributed by atoms with Crippen molar-refractivity contribution < 1.29 is 18.0 Å². The quantitative estimate of drug-likeness (QED) is 0.447. The van der Waals surface area contributed by atoms with E-state index in [9.17, 15) is 18.0 Å². The number of rotatable bonds is 3. The summed E-state index contributed by atoms with van der Waals surface area (Å²) in [7, 11) is 0. The topological polar surface area (TPSA) is 17.1 Å². The maximum Gasteiger partial charge on any atom is 0.194 e. The van der Waals surface area contributed by atoms with E-state index < -0.39 is 23.2 Å². The van der Waals surface area contributed by atoms with Crippen LogP contribution in [0.3, 0.4) is 0 Å². The van der Waals surface area contributed by atoms with E-state index in [-0.39, 0.29) is 12.0 Å². The van der Waals surface area contributed by atoms with Crippen LogP contribution in [-0.2, 0) is 6.42 Å². The van der Waals surface area contributed by atoms with Gasteiger partial charge in [0.1, 0.15) is 0 Å². The van der Waals surface area contributed by atoms with Crippen LogP contribution in [0.2, 0.25) is 0 Å². The minimum atomic E-state index is -1.56. The summed E-state index contributed by atoms with van der Waals surface area (Å²) in [6.07, 6.45) is 0.0153. The average molecular weight is 376 g/mol. The predicted molar refractivity (Wildman–Crippen MR) is 73.5 cm³/mol. The van der Waals surface area contributed by atoms with Gasteiger partial charge in [0.05, 0.1) is 0 Å². The van der Waals surface area contributed by atoms with Gasteiger partial charge in [-0.1, -0.05) is 12.1 Å². The highest BCUT2D eigenvalue weighted by atomic mass is 127. The molecule has 19 heavy (non-hydrogen) atoms. The SMILES string of the molecule is O=C(Cc1ccc(I)cc1)c1cc(F)c(F)c(F)c1. The molecular weight excluding hydrogens is 368 g/mol. The van der Waals surface area contributed by atoms with Gasteiger partial charge in [0, 0.05) is 15.6 Å². The number of hydrogen-bond acceptors (Lipinski definition) is 1. The zero-order valence-corrected chi connectivity index (χ0v) is 11.7. The van der Waals surface area contributed by atoms with Gasteiger partial charge in [-0.15, -0.1) is 0 Å². The van der Waals surface area contributed by atoms with E-state index in [0.29, 0.717) is 12.1 Å². The molecule has 0 aliphatic carbocycles. The molecule has 0 bridgehead atoms. The van der Waals surface area contributed by atoms with Crippen LogP contribution < -0.4 is 0 Å². The van der Waals surface area contributed by atoms with Gasteiger partial charge in [0.25, 0.3) is 0 Å². The first-order valence-electron chi connectivity index (χ1n) is 5.39. The Hall–Kier alpha value is -1.37. The second-order valence-electron chi connectivity index (χ2n) is 3.98. The normalized spacial score (nSPS) is 10.5. The van der Waals surface area contributed by atoms with E-state index in [1.165, 1.54) is 0 Å². The molecule has 5 heteroatoms. The molecule has 0 aromatic heterocycles. The lowest BCUT2D eigenvalue weighted by atomic mass is 10.0. The van der Waals surface area contributed by atoms with Crippen molar-refractivity contribution in [1.29, 1.82) is 0 Å². The lowest BCUT2D eigenvalue weighted by molar-refractivity contribution is 0.0992. The molecule has 1 nitrogen and oxygen atoms in total. The predicted octanol–water partition coefficient (Wildman–Crippen LogP) is 4.13. The standard InChI is InChI=1S/C14H8F3IO/c15-11-6-9(7-12(16)14(11)17)13(19)5-8-1-3-10(18)4-2-8/h1-4,6-7H,5H2. The molecule has 0 aliphatic heterocycles. The molecule has 0 unspecified atom stereocenters. The number of halogens is 4. The van der Waals surface area contributed by atoms with Gasteiger partial charge in [-0.3, -0.25) is 4.79 Å². The van der Waals surface area contributed by atoms with Crippen molar-refractivity contribution in [2.45, 2.75) is 6.42 Å². The molecule has 0 saturated carbocycles. The highest BCUT2D eigenvalue weighted by Crippen LogP contribution is 2.16. The number of carbonyl (C=O) groups excluding carboxylic acids is 1. The van der Waals surface area contributed by atoms with Crippen LogP contribution in [0.15, 0.2) is 36.4 Å². The summed E-state index contributed by atoms with van der Waals surface area (Å²) in [5, 5.41) is 0. The molecule has 0 amide bonds. The van der Waals surface area contributed by atoms with Crippen molar-refractivity contribution in [3.8, 4) is 0 Å². The molecule has 0 N–H and O–H groups in total. The Bertz CT molecular complexity index is 600. The minimum Gasteiger partial charge on any atom is -0.294 e. The largest absolute Gasteiger partial charge is 0.294 e. The summed E-state index contributed by atoms with van der Waals surface area (Å²) in [5.41, 5.74) is 0.561. The van der Waals surface area contributed by atoms with Crippen molar-refractivity contribution >= 4 is 28.4 Å². The molecule has 0 fully saturated rings. The zero-order chi connectivity index (χ0) is 14.0. The van der Waals surface area contributed by atoms with E-state index in [0.717, 1.165) is 9.13 Å². The Morgan fingerprint density at radius 3 is 2.05 bits per heavy atom. The number of Topliss-reactive ketones (excluding diaryl/α,β-unsaturated/α-hetero) is 1. The van der Waals surface area contributed by atoms with Crippen LogP contribution in [0, 0.1) is 21.0 Å². The highest BCUT2D eigenvalue weighted by Gasteiger charge is 2.15. The fourth-order valence-electron chi connectivity index (χ4n) is 1.61. The third-order valence-electron chi connectivity index (χ3n) is 2.58. The van der Waals surface area contributed by atoms with Gasteiger partial charge in [0.2, 0.25) is 0 Å². The summed E-state index contributed by atoms with van der Waals surface area (Å²) < 4.78 is 39.9. The van der Waals surface area contributed by atoms with E-state index in [1.807, 2.05) is 12.1 Å². The van der Waals surface area contributed by atoms with Gasteiger partial charge in [-0.2, -0.15) is 0 Å². The number of benzene rings is 2. The van der Waals surface area contributed by atoms with Gasteiger partial charge in [-0.25, -0.2) is 13.2 Å². The minimum absolute atomic E-state index is 0.0153. The Balaban J connectivity index is 2.23. The summed E-state index contributed by atoms with van der Waals surface area (Å²) in [4.78, 5) is 11.9. The van der Waals surface area contributed by atoms with Crippen molar-refractivity contribution in [3.63, 3.8) is 0 Å². The Kier molecular flexibility index (Phi) is 4.24. The van der Waals surface area contributed by atoms with Gasteiger partial charge in [-0.05, 0) is 52.4 Å². The Morgan fingerprint density at radius 2 is 1.53 bits per heavy atom. The van der Waals surface area contributed by atoms with Crippen molar-refractivity contribution in [3.05, 3.63) is 68.5 Å². The van der Waals surface area contributed by atoms with Crippen LogP contribution >= 0.6 is 22.6 Å². The van der Waals surface area contributed by atoms with Crippen LogP contribution in [0.5, 0.6) is 0 Å². The van der Waals surface area contributed by atoms with Crippen molar-refractivity contribution in [2.75, 3.05) is 0 Å². The fourth-order valence-corrected chi connectivity index (χ4v) is 1.97. The second-order valence-corrected chi connectivity index (χ2v) is 5.23. The first kappa shape index (κ1) is 14.0. The smallest absolute Gasteiger partial charge is 0.194 e. The van der Waals surface area contributed by atoms with Crippen LogP contribution in [-0.4, -0.2) is 5.78 Å². The maximum atomic E-state index is 13.0. The maximum absolute atomic E-state index is 13.0. The Morgan fingerprint density at radius 1 is 1.00 bits per heavy atom. The highest BCUT2D eigenvalue weighted by molar-refractivity contribution is 14.1. The number of ketones is 1. The lowest BCUT2D eigenvalue weighted by Crippen LogP contribution is -2.06. The fraction of sp³-hybridized carbons (Fsp3) is 0.0714. The number of hydrogen-bond donors (Lipinski definition) is 0.